The second kappa shape index (κ2) is 12.8. The van der Waals surface area contributed by atoms with Gasteiger partial charge < -0.3 is 28.8 Å². The van der Waals surface area contributed by atoms with Crippen LogP contribution in [0, 0.1) is 11.8 Å². The Kier molecular flexibility index (Phi) is 9.71. The van der Waals surface area contributed by atoms with E-state index in [-0.39, 0.29) is 23.3 Å². The molecule has 2 aliphatic rings. The molecule has 0 bridgehead atoms. The molecule has 14 heteroatoms. The smallest absolute Gasteiger partial charge is 0.327 e. The van der Waals surface area contributed by atoms with E-state index in [0.29, 0.717) is 23.0 Å². The van der Waals surface area contributed by atoms with Crippen molar-refractivity contribution in [2.45, 2.75) is 36.7 Å². The van der Waals surface area contributed by atoms with E-state index in [1.54, 1.807) is 38.1 Å². The van der Waals surface area contributed by atoms with Gasteiger partial charge in [0.25, 0.3) is 0 Å². The standard InChI is InChI=1S/C24H28N2O8S4/c1-13(19(27)25-15(23(29)30)11-35-21(25)17-5-3-7-33-17)9-37-38-10-14(2)20(28)26-16(24(31)32)12-36-22(26)18-6-4-8-34-18/h3-8,13-16,21-22H,9-12H2,1-2H3,(H,29,30)(H,31,32)/t13-,14-,15+,16+,21?,22?/m1/s1. The maximum absolute atomic E-state index is 13.3. The number of carboxylic acids is 2. The number of carbonyl (C=O) groups excluding carboxylic acids is 2. The summed E-state index contributed by atoms with van der Waals surface area (Å²) in [7, 11) is 2.86. The summed E-state index contributed by atoms with van der Waals surface area (Å²) in [6.45, 7) is 3.52. The second-order valence-corrected chi connectivity index (χ2v) is 13.8. The molecular formula is C24H28N2O8S4. The topological polar surface area (TPSA) is 141 Å². The molecule has 2 aromatic heterocycles. The minimum atomic E-state index is -1.05. The molecule has 2 saturated heterocycles. The fourth-order valence-electron chi connectivity index (χ4n) is 4.19. The van der Waals surface area contributed by atoms with Gasteiger partial charge in [-0.3, -0.25) is 9.59 Å². The average Bonchev–Trinajstić information content (AvgIpc) is 3.69. The Hall–Kier alpha value is -2.16. The lowest BCUT2D eigenvalue weighted by molar-refractivity contribution is -0.150. The summed E-state index contributed by atoms with van der Waals surface area (Å²) in [6.07, 6.45) is 3.00. The van der Waals surface area contributed by atoms with Crippen LogP contribution in [0.1, 0.15) is 36.1 Å². The van der Waals surface area contributed by atoms with Gasteiger partial charge in [-0.05, 0) is 24.3 Å². The number of hydrogen-bond donors (Lipinski definition) is 2. The minimum absolute atomic E-state index is 0.263. The number of carbonyl (C=O) groups is 4. The fraction of sp³-hybridized carbons (Fsp3) is 0.500. The molecule has 2 aliphatic heterocycles. The number of hydrogen-bond acceptors (Lipinski definition) is 10. The van der Waals surface area contributed by atoms with Crippen LogP contribution in [0.5, 0.6) is 0 Å². The van der Waals surface area contributed by atoms with Gasteiger partial charge in [-0.15, -0.1) is 23.5 Å². The molecule has 38 heavy (non-hydrogen) atoms. The quantitative estimate of drug-likeness (QED) is 0.281. The zero-order valence-electron chi connectivity index (χ0n) is 20.6. The van der Waals surface area contributed by atoms with Crippen LogP contribution < -0.4 is 0 Å². The SMILES string of the molecule is C[C@H](CSSC[C@@H](C)C(=O)N1C(c2ccco2)SC[C@H]1C(=O)O)C(=O)N1C(c2ccco2)SC[C@H]1C(=O)O. The van der Waals surface area contributed by atoms with Crippen molar-refractivity contribution in [1.82, 2.24) is 9.80 Å². The lowest BCUT2D eigenvalue weighted by Gasteiger charge is -2.29. The van der Waals surface area contributed by atoms with E-state index in [0.717, 1.165) is 0 Å². The van der Waals surface area contributed by atoms with Crippen molar-refractivity contribution in [3.05, 3.63) is 48.3 Å². The summed E-state index contributed by atoms with van der Waals surface area (Å²) in [4.78, 5) is 53.0. The van der Waals surface area contributed by atoms with Crippen molar-refractivity contribution in [2.24, 2.45) is 11.8 Å². The molecule has 2 amide bonds. The second-order valence-electron chi connectivity index (χ2n) is 8.97. The number of furan rings is 2. The van der Waals surface area contributed by atoms with Crippen LogP contribution in [0.4, 0.5) is 0 Å². The van der Waals surface area contributed by atoms with Crippen LogP contribution >= 0.6 is 45.1 Å². The minimum Gasteiger partial charge on any atom is -0.480 e. The monoisotopic (exact) mass is 600 g/mol. The van der Waals surface area contributed by atoms with Gasteiger partial charge in [0, 0.05) is 34.8 Å². The first-order chi connectivity index (χ1) is 18.2. The first-order valence-electron chi connectivity index (χ1n) is 11.8. The summed E-state index contributed by atoms with van der Waals surface area (Å²) < 4.78 is 10.9. The van der Waals surface area contributed by atoms with Gasteiger partial charge in [0.05, 0.1) is 12.5 Å². The maximum Gasteiger partial charge on any atom is 0.327 e. The normalized spacial score (nSPS) is 24.9. The van der Waals surface area contributed by atoms with Crippen LogP contribution in [-0.2, 0) is 19.2 Å². The summed E-state index contributed by atoms with van der Waals surface area (Å²) in [5.74, 6) is -1.02. The molecule has 2 N–H and O–H groups in total. The van der Waals surface area contributed by atoms with Crippen LogP contribution in [-0.4, -0.2) is 78.9 Å². The summed E-state index contributed by atoms with van der Waals surface area (Å²) in [5, 5.41) is 18.3. The van der Waals surface area contributed by atoms with E-state index in [1.165, 1.54) is 67.4 Å². The molecule has 4 heterocycles. The predicted octanol–water partition coefficient (Wildman–Crippen LogP) is 4.28. The largest absolute Gasteiger partial charge is 0.480 e. The highest BCUT2D eigenvalue weighted by atomic mass is 33.1. The number of thioether (sulfide) groups is 2. The molecule has 2 aromatic rings. The molecule has 6 atom stereocenters. The van der Waals surface area contributed by atoms with Crippen molar-refractivity contribution < 1.29 is 38.2 Å². The number of carboxylic acid groups (broad SMARTS) is 2. The lowest BCUT2D eigenvalue weighted by Crippen LogP contribution is -2.45. The molecule has 2 fully saturated rings. The van der Waals surface area contributed by atoms with E-state index in [4.69, 9.17) is 8.83 Å². The summed E-state index contributed by atoms with van der Waals surface area (Å²) >= 11 is 2.73. The van der Waals surface area contributed by atoms with Gasteiger partial charge in [-0.2, -0.15) is 0 Å². The predicted molar refractivity (Wildman–Crippen MR) is 148 cm³/mol. The first-order valence-corrected chi connectivity index (χ1v) is 16.4. The zero-order chi connectivity index (χ0) is 27.4. The van der Waals surface area contributed by atoms with Crippen molar-refractivity contribution in [3.63, 3.8) is 0 Å². The number of amides is 2. The average molecular weight is 601 g/mol. The number of nitrogens with zero attached hydrogens (tertiary/aromatic N) is 2. The highest BCUT2D eigenvalue weighted by Gasteiger charge is 2.46. The number of aliphatic carboxylic acids is 2. The van der Waals surface area contributed by atoms with Gasteiger partial charge >= 0.3 is 11.9 Å². The molecule has 206 valence electrons. The molecule has 2 unspecified atom stereocenters. The Bertz CT molecular complexity index is 1040. The maximum atomic E-state index is 13.3. The fourth-order valence-corrected chi connectivity index (χ4v) is 9.63. The van der Waals surface area contributed by atoms with Crippen LogP contribution in [0.25, 0.3) is 0 Å². The molecule has 4 rings (SSSR count). The van der Waals surface area contributed by atoms with E-state index < -0.39 is 46.6 Å². The third-order valence-corrected chi connectivity index (χ3v) is 11.5. The van der Waals surface area contributed by atoms with E-state index in [1.807, 2.05) is 0 Å². The van der Waals surface area contributed by atoms with Gasteiger partial charge in [-0.25, -0.2) is 9.59 Å². The van der Waals surface area contributed by atoms with Crippen molar-refractivity contribution >= 4 is 68.9 Å². The number of rotatable bonds is 11. The van der Waals surface area contributed by atoms with Crippen molar-refractivity contribution in [1.29, 1.82) is 0 Å². The zero-order valence-corrected chi connectivity index (χ0v) is 23.9. The van der Waals surface area contributed by atoms with Crippen molar-refractivity contribution in [3.8, 4) is 0 Å². The molecule has 0 saturated carbocycles. The molecular weight excluding hydrogens is 573 g/mol. The van der Waals surface area contributed by atoms with E-state index in [2.05, 4.69) is 0 Å². The van der Waals surface area contributed by atoms with Crippen molar-refractivity contribution in [2.75, 3.05) is 23.0 Å². The highest BCUT2D eigenvalue weighted by Crippen LogP contribution is 2.44. The van der Waals surface area contributed by atoms with Gasteiger partial charge in [0.1, 0.15) is 34.4 Å². The third kappa shape index (κ3) is 6.18. The van der Waals surface area contributed by atoms with E-state index >= 15 is 0 Å². The Morgan fingerprint density at radius 1 is 0.842 bits per heavy atom. The van der Waals surface area contributed by atoms with Gasteiger partial charge in [-0.1, -0.05) is 35.4 Å². The van der Waals surface area contributed by atoms with Gasteiger partial charge in [0.2, 0.25) is 11.8 Å². The van der Waals surface area contributed by atoms with E-state index in [9.17, 15) is 29.4 Å². The molecule has 0 radical (unpaired) electrons. The summed E-state index contributed by atoms with van der Waals surface area (Å²) in [5.41, 5.74) is 0. The Morgan fingerprint density at radius 3 is 1.55 bits per heavy atom. The van der Waals surface area contributed by atoms with Crippen LogP contribution in [0.15, 0.2) is 45.6 Å². The molecule has 10 nitrogen and oxygen atoms in total. The van der Waals surface area contributed by atoms with Crippen LogP contribution in [0.2, 0.25) is 0 Å². The third-order valence-electron chi connectivity index (χ3n) is 6.22. The molecule has 0 spiro atoms. The lowest BCUT2D eigenvalue weighted by atomic mass is 10.1. The molecule has 0 aliphatic carbocycles. The van der Waals surface area contributed by atoms with Crippen LogP contribution in [0.3, 0.4) is 0 Å². The summed E-state index contributed by atoms with van der Waals surface area (Å²) in [6, 6.07) is 5.04. The first kappa shape index (κ1) is 28.8. The Labute approximate surface area is 236 Å². The Balaban J connectivity index is 1.31. The highest BCUT2D eigenvalue weighted by molar-refractivity contribution is 8.76. The van der Waals surface area contributed by atoms with Gasteiger partial charge in [0.15, 0.2) is 0 Å². The molecule has 0 aromatic carbocycles. The Morgan fingerprint density at radius 2 is 1.24 bits per heavy atom.